The molecule has 10 nitrogen and oxygen atoms in total. The molecule has 4 aliphatic rings. The molecule has 2 saturated heterocycles. The minimum Gasteiger partial charge on any atom is -0.389 e. The van der Waals surface area contributed by atoms with E-state index in [4.69, 9.17) is 5.73 Å². The predicted molar refractivity (Wildman–Crippen MR) is 200 cm³/mol. The minimum absolute atomic E-state index is 0.0163. The van der Waals surface area contributed by atoms with Crippen LogP contribution in [0.25, 0.3) is 32.1 Å². The van der Waals surface area contributed by atoms with Crippen LogP contribution in [0.1, 0.15) is 43.9 Å². The lowest BCUT2D eigenvalue weighted by atomic mass is 9.92. The van der Waals surface area contributed by atoms with Crippen LogP contribution in [0.3, 0.4) is 0 Å². The first-order chi connectivity index (χ1) is 25.7. The van der Waals surface area contributed by atoms with Gasteiger partial charge in [0.25, 0.3) is 0 Å². The van der Waals surface area contributed by atoms with Crippen molar-refractivity contribution in [3.8, 4) is 17.2 Å². The highest BCUT2D eigenvalue weighted by Crippen LogP contribution is 2.53. The molecule has 17 heteroatoms. The van der Waals surface area contributed by atoms with Crippen LogP contribution in [-0.2, 0) is 11.0 Å². The largest absolute Gasteiger partial charge is 0.417 e. The van der Waals surface area contributed by atoms with Crippen molar-refractivity contribution in [3.63, 3.8) is 0 Å². The number of benzene rings is 2. The van der Waals surface area contributed by atoms with Crippen molar-refractivity contribution in [2.24, 2.45) is 0 Å². The summed E-state index contributed by atoms with van der Waals surface area (Å²) in [5, 5.41) is 9.56. The van der Waals surface area contributed by atoms with E-state index in [0.717, 1.165) is 44.0 Å². The molecule has 3 aliphatic heterocycles. The number of alkyl halides is 3. The summed E-state index contributed by atoms with van der Waals surface area (Å²) in [6.45, 7) is 11.3. The number of thioether (sulfide) groups is 1. The van der Waals surface area contributed by atoms with Crippen LogP contribution in [0.15, 0.2) is 34.5 Å². The van der Waals surface area contributed by atoms with Crippen LogP contribution >= 0.6 is 23.1 Å². The highest BCUT2D eigenvalue weighted by Gasteiger charge is 2.42. The zero-order valence-electron chi connectivity index (χ0n) is 29.6. The van der Waals surface area contributed by atoms with Crippen molar-refractivity contribution in [1.82, 2.24) is 24.3 Å². The molecule has 3 atom stereocenters. The average molecular weight is 785 g/mol. The molecule has 0 spiro atoms. The number of halogens is 5. The van der Waals surface area contributed by atoms with Gasteiger partial charge < -0.3 is 15.5 Å². The van der Waals surface area contributed by atoms with Gasteiger partial charge in [-0.3, -0.25) is 19.2 Å². The second-order valence-corrected chi connectivity index (χ2v) is 16.7. The molecule has 2 aromatic carbocycles. The second kappa shape index (κ2) is 13.5. The molecule has 3 fully saturated rings. The van der Waals surface area contributed by atoms with E-state index in [-0.39, 0.29) is 67.0 Å². The standard InChI is InChI=1S/C37H37F5N8O2S2/c1-4-27(51)49-18(2)14-48(15-19(49)3)35-22-11-24(37(40,41)42)29(30-25(38)12-26(39)32-28(30)23(13-43)34(44)54-32)33-31(22)50(36(52)45-35)21(17-53-33)16-46-7-9-47(10-8-46)20-5-6-20/h4,11-12,18-21H,1,5-10,14-17,44H2,2-3H3/t18-,19+,21?. The molecule has 2 aromatic heterocycles. The Morgan fingerprint density at radius 3 is 2.39 bits per heavy atom. The maximum atomic E-state index is 16.2. The van der Waals surface area contributed by atoms with Gasteiger partial charge in [0.2, 0.25) is 5.91 Å². The Morgan fingerprint density at radius 1 is 1.09 bits per heavy atom. The van der Waals surface area contributed by atoms with Crippen LogP contribution < -0.4 is 16.3 Å². The first-order valence-corrected chi connectivity index (χ1v) is 19.6. The normalized spacial score (nSPS) is 22.6. The number of hydrogen-bond acceptors (Lipinski definition) is 10. The molecule has 2 N–H and O–H groups in total. The van der Waals surface area contributed by atoms with Crippen molar-refractivity contribution >= 4 is 60.8 Å². The number of anilines is 2. The number of nitrogen functional groups attached to an aromatic ring is 1. The van der Waals surface area contributed by atoms with Gasteiger partial charge in [-0.2, -0.15) is 23.4 Å². The van der Waals surface area contributed by atoms with E-state index in [0.29, 0.717) is 30.0 Å². The third kappa shape index (κ3) is 6.02. The van der Waals surface area contributed by atoms with Gasteiger partial charge in [-0.25, -0.2) is 13.6 Å². The summed E-state index contributed by atoms with van der Waals surface area (Å²) in [7, 11) is 0. The van der Waals surface area contributed by atoms with Crippen LogP contribution in [0.5, 0.6) is 0 Å². The summed E-state index contributed by atoms with van der Waals surface area (Å²) >= 11 is 1.74. The highest BCUT2D eigenvalue weighted by molar-refractivity contribution is 7.99. The SMILES string of the molecule is C=CC(=O)N1[C@H](C)CN(c2nc(=O)n3c4c(c(-c5c(F)cc(F)c6sc(N)c(C#N)c56)c(C(F)(F)F)cc24)SCC3CN2CCN(C3CC3)CC2)C[C@@H]1C. The molecular weight excluding hydrogens is 748 g/mol. The fourth-order valence-corrected chi connectivity index (χ4v) is 10.8. The quantitative estimate of drug-likeness (QED) is 0.184. The molecule has 1 aliphatic carbocycles. The van der Waals surface area contributed by atoms with Crippen LogP contribution in [0.4, 0.5) is 32.8 Å². The van der Waals surface area contributed by atoms with E-state index >= 15 is 22.0 Å². The summed E-state index contributed by atoms with van der Waals surface area (Å²) in [4.78, 5) is 39.6. The zero-order chi connectivity index (χ0) is 38.4. The minimum atomic E-state index is -5.06. The van der Waals surface area contributed by atoms with Crippen molar-refractivity contribution in [1.29, 1.82) is 5.26 Å². The van der Waals surface area contributed by atoms with Gasteiger partial charge in [0.15, 0.2) is 0 Å². The monoisotopic (exact) mass is 784 g/mol. The number of carbonyl (C=O) groups excluding carboxylic acids is 1. The number of nitrogens with zero attached hydrogens (tertiary/aromatic N) is 7. The average Bonchev–Trinajstić information content (AvgIpc) is 3.92. The van der Waals surface area contributed by atoms with Crippen molar-refractivity contribution in [2.75, 3.05) is 62.2 Å². The Bertz CT molecular complexity index is 2310. The molecular formula is C37H37F5N8O2S2. The van der Waals surface area contributed by atoms with Gasteiger partial charge in [-0.1, -0.05) is 6.58 Å². The van der Waals surface area contributed by atoms with Crippen molar-refractivity contribution in [2.45, 2.75) is 61.9 Å². The Kier molecular flexibility index (Phi) is 9.18. The molecule has 0 bridgehead atoms. The fourth-order valence-electron chi connectivity index (χ4n) is 8.60. The van der Waals surface area contributed by atoms with Crippen molar-refractivity contribution in [3.05, 3.63) is 58.0 Å². The lowest BCUT2D eigenvalue weighted by molar-refractivity contribution is -0.137. The predicted octanol–water partition coefficient (Wildman–Crippen LogP) is 6.07. The molecule has 284 valence electrons. The molecule has 54 heavy (non-hydrogen) atoms. The maximum absolute atomic E-state index is 16.2. The van der Waals surface area contributed by atoms with Crippen LogP contribution in [0.2, 0.25) is 0 Å². The second-order valence-electron chi connectivity index (χ2n) is 14.6. The summed E-state index contributed by atoms with van der Waals surface area (Å²) < 4.78 is 79.1. The summed E-state index contributed by atoms with van der Waals surface area (Å²) in [6.07, 6.45) is -1.47. The molecule has 1 unspecified atom stereocenters. The lowest BCUT2D eigenvalue weighted by Gasteiger charge is -2.45. The van der Waals surface area contributed by atoms with Gasteiger partial charge in [0, 0.05) is 103 Å². The molecule has 5 heterocycles. The lowest BCUT2D eigenvalue weighted by Crippen LogP contribution is -2.58. The van der Waals surface area contributed by atoms with E-state index in [9.17, 15) is 14.9 Å². The van der Waals surface area contributed by atoms with Gasteiger partial charge >= 0.3 is 11.9 Å². The van der Waals surface area contributed by atoms with Crippen molar-refractivity contribution < 1.29 is 26.7 Å². The number of hydrogen-bond donors (Lipinski definition) is 1. The van der Waals surface area contributed by atoms with Gasteiger partial charge in [0.1, 0.15) is 28.5 Å². The van der Waals surface area contributed by atoms with E-state index in [1.165, 1.54) is 23.5 Å². The number of carbonyl (C=O) groups is 1. The maximum Gasteiger partial charge on any atom is 0.417 e. The number of piperazine rings is 2. The summed E-state index contributed by atoms with van der Waals surface area (Å²) in [5.41, 5.74) is 2.82. The highest BCUT2D eigenvalue weighted by atomic mass is 32.2. The Balaban J connectivity index is 1.37. The zero-order valence-corrected chi connectivity index (χ0v) is 31.2. The first-order valence-electron chi connectivity index (χ1n) is 17.8. The number of aromatic nitrogens is 2. The fraction of sp³-hybridized carbons (Fsp3) is 0.459. The first kappa shape index (κ1) is 36.7. The van der Waals surface area contributed by atoms with E-state index < -0.39 is 58.3 Å². The Morgan fingerprint density at radius 2 is 1.78 bits per heavy atom. The van der Waals surface area contributed by atoms with E-state index in [2.05, 4.69) is 21.4 Å². The van der Waals surface area contributed by atoms with Gasteiger partial charge in [-0.15, -0.1) is 23.1 Å². The smallest absolute Gasteiger partial charge is 0.389 e. The van der Waals surface area contributed by atoms with Gasteiger partial charge in [-0.05, 0) is 38.8 Å². The summed E-state index contributed by atoms with van der Waals surface area (Å²) in [5.74, 6) is -2.43. The number of rotatable bonds is 6. The molecule has 1 saturated carbocycles. The summed E-state index contributed by atoms with van der Waals surface area (Å²) in [6, 6.07) is 2.58. The van der Waals surface area contributed by atoms with Crippen LogP contribution in [0, 0.1) is 23.0 Å². The third-order valence-corrected chi connectivity index (χ3v) is 13.3. The van der Waals surface area contributed by atoms with Crippen LogP contribution in [-0.4, -0.2) is 99.8 Å². The van der Waals surface area contributed by atoms with E-state index in [1.54, 1.807) is 23.6 Å². The molecule has 8 rings (SSSR count). The third-order valence-electron chi connectivity index (χ3n) is 11.1. The number of amides is 1. The van der Waals surface area contributed by atoms with Gasteiger partial charge in [0.05, 0.1) is 27.4 Å². The number of fused-ring (bicyclic) bond motifs is 1. The Labute approximate surface area is 315 Å². The topological polar surface area (TPSA) is 115 Å². The number of nitriles is 1. The van der Waals surface area contributed by atoms with E-state index in [1.807, 2.05) is 6.07 Å². The molecule has 4 aromatic rings. The molecule has 0 radical (unpaired) electrons. The number of nitrogens with two attached hydrogens (primary N) is 1. The Hall–Kier alpha value is -4.24. The molecule has 1 amide bonds. The number of thiophene rings is 1.